The minimum absolute atomic E-state index is 0.0172. The number of aromatic hydroxyl groups is 1. The van der Waals surface area contributed by atoms with Crippen LogP contribution in [-0.4, -0.2) is 24.9 Å². The largest absolute Gasteiger partial charge is 0.508 e. The number of ether oxygens (including phenoxy) is 1. The number of rotatable bonds is 6. The maximum absolute atomic E-state index is 12.8. The van der Waals surface area contributed by atoms with Crippen LogP contribution in [0.25, 0.3) is 0 Å². The molecular formula is C12H18FNO2. The highest BCUT2D eigenvalue weighted by Gasteiger charge is 2.09. The molecule has 0 heterocycles. The Morgan fingerprint density at radius 1 is 1.50 bits per heavy atom. The van der Waals surface area contributed by atoms with Crippen molar-refractivity contribution in [3.05, 3.63) is 29.6 Å². The molecule has 1 unspecified atom stereocenters. The van der Waals surface area contributed by atoms with Gasteiger partial charge in [-0.2, -0.15) is 0 Å². The van der Waals surface area contributed by atoms with Gasteiger partial charge in [-0.05, 0) is 19.9 Å². The quantitative estimate of drug-likeness (QED) is 0.732. The van der Waals surface area contributed by atoms with Crippen molar-refractivity contribution in [3.63, 3.8) is 0 Å². The number of hydrogen-bond donors (Lipinski definition) is 2. The molecule has 0 radical (unpaired) electrons. The van der Waals surface area contributed by atoms with Crippen molar-refractivity contribution >= 4 is 0 Å². The van der Waals surface area contributed by atoms with Crippen LogP contribution in [0, 0.1) is 5.82 Å². The van der Waals surface area contributed by atoms with Gasteiger partial charge in [-0.15, -0.1) is 0 Å². The van der Waals surface area contributed by atoms with Crippen LogP contribution < -0.4 is 5.32 Å². The zero-order chi connectivity index (χ0) is 12.0. The van der Waals surface area contributed by atoms with Gasteiger partial charge in [0.15, 0.2) is 0 Å². The standard InChI is InChI=1S/C12H18FNO2/c1-3-16-7-6-14-9(2)11-5-4-10(13)8-12(11)15/h4-5,8-9,14-15H,3,6-7H2,1-2H3. The van der Waals surface area contributed by atoms with E-state index in [1.165, 1.54) is 6.07 Å². The number of phenols is 1. The van der Waals surface area contributed by atoms with E-state index in [9.17, 15) is 9.50 Å². The van der Waals surface area contributed by atoms with E-state index in [1.54, 1.807) is 6.07 Å². The summed E-state index contributed by atoms with van der Waals surface area (Å²) in [4.78, 5) is 0. The van der Waals surface area contributed by atoms with Crippen molar-refractivity contribution in [1.82, 2.24) is 5.32 Å². The highest BCUT2D eigenvalue weighted by atomic mass is 19.1. The van der Waals surface area contributed by atoms with Gasteiger partial charge in [-0.3, -0.25) is 0 Å². The molecule has 1 aromatic rings. The normalized spacial score (nSPS) is 12.7. The van der Waals surface area contributed by atoms with Gasteiger partial charge >= 0.3 is 0 Å². The van der Waals surface area contributed by atoms with Crippen LogP contribution in [0.5, 0.6) is 5.75 Å². The van der Waals surface area contributed by atoms with Crippen LogP contribution in [-0.2, 0) is 4.74 Å². The first kappa shape index (κ1) is 12.9. The average molecular weight is 227 g/mol. The highest BCUT2D eigenvalue weighted by Crippen LogP contribution is 2.24. The number of benzene rings is 1. The third-order valence-corrected chi connectivity index (χ3v) is 2.36. The molecule has 0 saturated heterocycles. The zero-order valence-corrected chi connectivity index (χ0v) is 9.66. The van der Waals surface area contributed by atoms with E-state index in [4.69, 9.17) is 4.74 Å². The fraction of sp³-hybridized carbons (Fsp3) is 0.500. The monoisotopic (exact) mass is 227 g/mol. The summed E-state index contributed by atoms with van der Waals surface area (Å²) in [5.41, 5.74) is 0.692. The Morgan fingerprint density at radius 2 is 2.25 bits per heavy atom. The summed E-state index contributed by atoms with van der Waals surface area (Å²) in [5, 5.41) is 12.7. The van der Waals surface area contributed by atoms with Crippen molar-refractivity contribution in [2.24, 2.45) is 0 Å². The molecular weight excluding hydrogens is 209 g/mol. The SMILES string of the molecule is CCOCCNC(C)c1ccc(F)cc1O. The number of phenolic OH excluding ortho intramolecular Hbond substituents is 1. The van der Waals surface area contributed by atoms with Crippen molar-refractivity contribution in [2.75, 3.05) is 19.8 Å². The van der Waals surface area contributed by atoms with E-state index in [-0.39, 0.29) is 11.8 Å². The predicted octanol–water partition coefficient (Wildman–Crippen LogP) is 2.22. The Bertz CT molecular complexity index is 331. The lowest BCUT2D eigenvalue weighted by atomic mass is 10.1. The van der Waals surface area contributed by atoms with Crippen LogP contribution in [0.3, 0.4) is 0 Å². The maximum atomic E-state index is 12.8. The third-order valence-electron chi connectivity index (χ3n) is 2.36. The molecule has 16 heavy (non-hydrogen) atoms. The number of halogens is 1. The van der Waals surface area contributed by atoms with Crippen molar-refractivity contribution in [3.8, 4) is 5.75 Å². The Hall–Kier alpha value is -1.13. The highest BCUT2D eigenvalue weighted by molar-refractivity contribution is 5.34. The Balaban J connectivity index is 2.49. The molecule has 0 aliphatic rings. The molecule has 1 aromatic carbocycles. The molecule has 0 saturated carbocycles. The Labute approximate surface area is 95.2 Å². The van der Waals surface area contributed by atoms with Gasteiger partial charge in [0.25, 0.3) is 0 Å². The van der Waals surface area contributed by atoms with Gasteiger partial charge in [0.1, 0.15) is 11.6 Å². The summed E-state index contributed by atoms with van der Waals surface area (Å²) < 4.78 is 17.9. The lowest BCUT2D eigenvalue weighted by molar-refractivity contribution is 0.147. The van der Waals surface area contributed by atoms with Gasteiger partial charge in [-0.25, -0.2) is 4.39 Å². The zero-order valence-electron chi connectivity index (χ0n) is 9.66. The van der Waals surface area contributed by atoms with Crippen molar-refractivity contribution in [2.45, 2.75) is 19.9 Å². The van der Waals surface area contributed by atoms with Gasteiger partial charge < -0.3 is 15.2 Å². The van der Waals surface area contributed by atoms with Crippen LogP contribution in [0.2, 0.25) is 0 Å². The molecule has 0 aromatic heterocycles. The summed E-state index contributed by atoms with van der Waals surface area (Å²) in [5.74, 6) is -0.445. The molecule has 0 fully saturated rings. The van der Waals surface area contributed by atoms with Gasteiger partial charge in [0, 0.05) is 30.8 Å². The van der Waals surface area contributed by atoms with Crippen molar-refractivity contribution in [1.29, 1.82) is 0 Å². The van der Waals surface area contributed by atoms with Crippen LogP contribution >= 0.6 is 0 Å². The van der Waals surface area contributed by atoms with Gasteiger partial charge in [0.05, 0.1) is 6.61 Å². The fourth-order valence-corrected chi connectivity index (χ4v) is 1.48. The van der Waals surface area contributed by atoms with Crippen LogP contribution in [0.4, 0.5) is 4.39 Å². The molecule has 0 aliphatic heterocycles. The van der Waals surface area contributed by atoms with Gasteiger partial charge in [0.2, 0.25) is 0 Å². The van der Waals surface area contributed by atoms with E-state index in [0.717, 1.165) is 6.07 Å². The van der Waals surface area contributed by atoms with Crippen molar-refractivity contribution < 1.29 is 14.2 Å². The second-order valence-electron chi connectivity index (χ2n) is 3.58. The lowest BCUT2D eigenvalue weighted by Gasteiger charge is -2.15. The summed E-state index contributed by atoms with van der Waals surface area (Å²) in [6.07, 6.45) is 0. The summed E-state index contributed by atoms with van der Waals surface area (Å²) in [7, 11) is 0. The first-order valence-corrected chi connectivity index (χ1v) is 5.44. The average Bonchev–Trinajstić information content (AvgIpc) is 2.24. The molecule has 1 rings (SSSR count). The lowest BCUT2D eigenvalue weighted by Crippen LogP contribution is -2.23. The summed E-state index contributed by atoms with van der Waals surface area (Å²) in [6, 6.07) is 4.02. The van der Waals surface area contributed by atoms with E-state index >= 15 is 0 Å². The smallest absolute Gasteiger partial charge is 0.126 e. The molecule has 0 spiro atoms. The molecule has 3 nitrogen and oxygen atoms in total. The second kappa shape index (κ2) is 6.45. The van der Waals surface area contributed by atoms with E-state index in [0.29, 0.717) is 25.3 Å². The minimum atomic E-state index is -0.428. The van der Waals surface area contributed by atoms with E-state index in [1.807, 2.05) is 13.8 Å². The topological polar surface area (TPSA) is 41.5 Å². The first-order valence-electron chi connectivity index (χ1n) is 5.44. The Morgan fingerprint density at radius 3 is 2.88 bits per heavy atom. The fourth-order valence-electron chi connectivity index (χ4n) is 1.48. The molecule has 1 atom stereocenters. The van der Waals surface area contributed by atoms with E-state index < -0.39 is 5.82 Å². The maximum Gasteiger partial charge on any atom is 0.126 e. The van der Waals surface area contributed by atoms with E-state index in [2.05, 4.69) is 5.32 Å². The molecule has 0 amide bonds. The minimum Gasteiger partial charge on any atom is -0.508 e. The molecule has 0 bridgehead atoms. The van der Waals surface area contributed by atoms with Crippen LogP contribution in [0.1, 0.15) is 25.5 Å². The molecule has 4 heteroatoms. The number of hydrogen-bond acceptors (Lipinski definition) is 3. The van der Waals surface area contributed by atoms with Crippen LogP contribution in [0.15, 0.2) is 18.2 Å². The third kappa shape index (κ3) is 3.79. The summed E-state index contributed by atoms with van der Waals surface area (Å²) in [6.45, 7) is 5.88. The predicted molar refractivity (Wildman–Crippen MR) is 61.0 cm³/mol. The number of nitrogens with one attached hydrogen (secondary N) is 1. The first-order chi connectivity index (χ1) is 7.65. The molecule has 2 N–H and O–H groups in total. The van der Waals surface area contributed by atoms with Gasteiger partial charge in [-0.1, -0.05) is 6.07 Å². The molecule has 90 valence electrons. The Kier molecular flexibility index (Phi) is 5.22. The molecule has 0 aliphatic carbocycles. The second-order valence-corrected chi connectivity index (χ2v) is 3.58. The summed E-state index contributed by atoms with van der Waals surface area (Å²) >= 11 is 0.